The van der Waals surface area contributed by atoms with Crippen molar-refractivity contribution >= 4 is 29.6 Å². The van der Waals surface area contributed by atoms with Crippen molar-refractivity contribution in [3.8, 4) is 5.75 Å². The number of halogens is 1. The number of rotatable bonds is 27. The third kappa shape index (κ3) is 17.1. The standard InChI is InChI=1S/C35H52FNO10/c1-25(2)20-22-47-28-18-16-26(17-19-28)23-30(33(42)43)37-32(41)29(35(46,34(44)45)24-31(39)40)15-11-6-4-3-5-9-13-27(38)14-10-7-8-12-21-36/h11,15-19,25,29-30,46H,3-10,12-14,20-24H2,1-2H3,(H,37,41)(H,39,40)(H,42,43)(H,44,45)/b15-11+/t29-,30-,35-/m0/s1. The van der Waals surface area contributed by atoms with Crippen LogP contribution in [0.2, 0.25) is 0 Å². The third-order valence-corrected chi connectivity index (χ3v) is 7.77. The molecule has 0 aliphatic carbocycles. The highest BCUT2D eigenvalue weighted by Crippen LogP contribution is 2.26. The molecule has 0 aliphatic heterocycles. The molecule has 3 atom stereocenters. The zero-order valence-corrected chi connectivity index (χ0v) is 27.6. The number of carboxylic acids is 3. The van der Waals surface area contributed by atoms with Crippen molar-refractivity contribution in [2.75, 3.05) is 13.3 Å². The number of Topliss-reactive ketones (excluding diaryl/α,β-unsaturated/α-hetero) is 1. The van der Waals surface area contributed by atoms with E-state index in [-0.39, 0.29) is 18.9 Å². The Morgan fingerprint density at radius 1 is 0.894 bits per heavy atom. The highest BCUT2D eigenvalue weighted by Gasteiger charge is 2.49. The van der Waals surface area contributed by atoms with E-state index in [1.807, 2.05) is 0 Å². The van der Waals surface area contributed by atoms with Gasteiger partial charge in [0.2, 0.25) is 5.91 Å². The molecule has 0 bridgehead atoms. The first-order valence-electron chi connectivity index (χ1n) is 16.5. The monoisotopic (exact) mass is 665 g/mol. The second-order valence-electron chi connectivity index (χ2n) is 12.3. The number of ketones is 1. The van der Waals surface area contributed by atoms with Gasteiger partial charge in [0.25, 0.3) is 0 Å². The van der Waals surface area contributed by atoms with Crippen molar-refractivity contribution in [1.82, 2.24) is 5.32 Å². The predicted octanol–water partition coefficient (Wildman–Crippen LogP) is 5.52. The first-order valence-corrected chi connectivity index (χ1v) is 16.5. The Morgan fingerprint density at radius 3 is 2.02 bits per heavy atom. The Labute approximate surface area is 276 Å². The molecule has 11 nitrogen and oxygen atoms in total. The van der Waals surface area contributed by atoms with Gasteiger partial charge >= 0.3 is 17.9 Å². The van der Waals surface area contributed by atoms with E-state index in [1.165, 1.54) is 6.08 Å². The number of carboxylic acid groups (broad SMARTS) is 3. The number of benzene rings is 1. The molecule has 0 fully saturated rings. The Bertz CT molecular complexity index is 1150. The number of amides is 1. The van der Waals surface area contributed by atoms with E-state index in [0.29, 0.717) is 62.4 Å². The van der Waals surface area contributed by atoms with Crippen LogP contribution in [0.15, 0.2) is 36.4 Å². The van der Waals surface area contributed by atoms with Crippen LogP contribution in [0, 0.1) is 11.8 Å². The lowest BCUT2D eigenvalue weighted by molar-refractivity contribution is -0.172. The SMILES string of the molecule is CC(C)CCOc1ccc(C[C@H](NC(=O)[C@H](/C=C/CCCCCCC(=O)CCCCCCF)[C@@](O)(CC(=O)O)C(=O)O)C(=O)O)cc1. The number of hydrogen-bond donors (Lipinski definition) is 5. The van der Waals surface area contributed by atoms with Gasteiger partial charge in [-0.25, -0.2) is 9.59 Å². The zero-order valence-electron chi connectivity index (χ0n) is 27.6. The van der Waals surface area contributed by atoms with Crippen LogP contribution in [0.5, 0.6) is 5.75 Å². The van der Waals surface area contributed by atoms with Crippen molar-refractivity contribution in [2.45, 2.75) is 115 Å². The van der Waals surface area contributed by atoms with Crippen LogP contribution in [0.1, 0.15) is 103 Å². The molecule has 264 valence electrons. The number of aliphatic hydroxyl groups is 1. The van der Waals surface area contributed by atoms with E-state index in [0.717, 1.165) is 44.6 Å². The summed E-state index contributed by atoms with van der Waals surface area (Å²) < 4.78 is 17.8. The Kier molecular flexibility index (Phi) is 19.9. The second-order valence-corrected chi connectivity index (χ2v) is 12.3. The molecule has 12 heteroatoms. The van der Waals surface area contributed by atoms with E-state index in [4.69, 9.17) is 4.74 Å². The number of carbonyl (C=O) groups excluding carboxylic acids is 2. The average Bonchev–Trinajstić information content (AvgIpc) is 2.99. The lowest BCUT2D eigenvalue weighted by Gasteiger charge is -2.29. The minimum Gasteiger partial charge on any atom is -0.494 e. The normalized spacial score (nSPS) is 14.0. The fourth-order valence-corrected chi connectivity index (χ4v) is 4.91. The van der Waals surface area contributed by atoms with Crippen LogP contribution in [-0.4, -0.2) is 74.9 Å². The Hall–Kier alpha value is -3.80. The highest BCUT2D eigenvalue weighted by atomic mass is 19.1. The molecule has 0 spiro atoms. The first kappa shape index (κ1) is 41.2. The summed E-state index contributed by atoms with van der Waals surface area (Å²) in [7, 11) is 0. The zero-order chi connectivity index (χ0) is 35.2. The largest absolute Gasteiger partial charge is 0.494 e. The van der Waals surface area contributed by atoms with Crippen LogP contribution in [0.4, 0.5) is 4.39 Å². The topological polar surface area (TPSA) is 188 Å². The summed E-state index contributed by atoms with van der Waals surface area (Å²) in [4.78, 5) is 60.8. The van der Waals surface area contributed by atoms with Gasteiger partial charge in [0.05, 0.1) is 25.6 Å². The number of hydrogen-bond acceptors (Lipinski definition) is 7. The van der Waals surface area contributed by atoms with Gasteiger partial charge in [-0.2, -0.15) is 0 Å². The van der Waals surface area contributed by atoms with Crippen LogP contribution < -0.4 is 10.1 Å². The minimum absolute atomic E-state index is 0.157. The van der Waals surface area contributed by atoms with Crippen LogP contribution in [-0.2, 0) is 30.4 Å². The molecule has 0 aromatic heterocycles. The quantitative estimate of drug-likeness (QED) is 0.0592. The maximum absolute atomic E-state index is 13.3. The summed E-state index contributed by atoms with van der Waals surface area (Å²) in [5, 5.41) is 42.0. The fraction of sp³-hybridized carbons (Fsp3) is 0.629. The van der Waals surface area contributed by atoms with Crippen molar-refractivity contribution in [2.24, 2.45) is 11.8 Å². The Balaban J connectivity index is 2.82. The molecule has 5 N–H and O–H groups in total. The summed E-state index contributed by atoms with van der Waals surface area (Å²) >= 11 is 0. The molecular weight excluding hydrogens is 613 g/mol. The molecule has 0 aliphatic rings. The Morgan fingerprint density at radius 2 is 1.49 bits per heavy atom. The smallest absolute Gasteiger partial charge is 0.337 e. The van der Waals surface area contributed by atoms with Crippen molar-refractivity contribution in [3.63, 3.8) is 0 Å². The maximum Gasteiger partial charge on any atom is 0.337 e. The van der Waals surface area contributed by atoms with Gasteiger partial charge in [0.15, 0.2) is 5.60 Å². The van der Waals surface area contributed by atoms with Gasteiger partial charge in [-0.1, -0.05) is 63.8 Å². The number of ether oxygens (including phenoxy) is 1. The molecule has 1 rings (SSSR count). The average molecular weight is 666 g/mol. The highest BCUT2D eigenvalue weighted by molar-refractivity contribution is 5.94. The molecule has 1 aromatic carbocycles. The summed E-state index contributed by atoms with van der Waals surface area (Å²) in [6, 6.07) is 5.15. The van der Waals surface area contributed by atoms with Gasteiger partial charge < -0.3 is 30.5 Å². The molecule has 1 amide bonds. The van der Waals surface area contributed by atoms with Crippen LogP contribution in [0.3, 0.4) is 0 Å². The van der Waals surface area contributed by atoms with Crippen molar-refractivity contribution in [3.05, 3.63) is 42.0 Å². The molecular formula is C35H52FNO10. The van der Waals surface area contributed by atoms with Gasteiger partial charge in [0, 0.05) is 19.3 Å². The first-order chi connectivity index (χ1) is 22.3. The number of allylic oxidation sites excluding steroid dienone is 1. The molecule has 47 heavy (non-hydrogen) atoms. The van der Waals surface area contributed by atoms with Crippen LogP contribution >= 0.6 is 0 Å². The lowest BCUT2D eigenvalue weighted by atomic mass is 9.82. The van der Waals surface area contributed by atoms with E-state index in [1.54, 1.807) is 24.3 Å². The number of alkyl halides is 1. The maximum atomic E-state index is 13.3. The van der Waals surface area contributed by atoms with E-state index >= 15 is 0 Å². The van der Waals surface area contributed by atoms with Gasteiger partial charge in [-0.05, 0) is 62.1 Å². The molecule has 0 saturated carbocycles. The molecule has 0 heterocycles. The fourth-order valence-electron chi connectivity index (χ4n) is 4.91. The number of nitrogens with one attached hydrogen (secondary N) is 1. The van der Waals surface area contributed by atoms with E-state index in [9.17, 15) is 48.8 Å². The lowest BCUT2D eigenvalue weighted by Crippen LogP contribution is -2.55. The third-order valence-electron chi connectivity index (χ3n) is 7.77. The summed E-state index contributed by atoms with van der Waals surface area (Å²) in [5.74, 6) is -6.77. The summed E-state index contributed by atoms with van der Waals surface area (Å²) in [5.41, 5.74) is -2.48. The molecule has 0 unspecified atom stereocenters. The summed E-state index contributed by atoms with van der Waals surface area (Å²) in [6.45, 7) is 4.33. The van der Waals surface area contributed by atoms with Crippen molar-refractivity contribution < 1.29 is 53.5 Å². The predicted molar refractivity (Wildman–Crippen MR) is 174 cm³/mol. The van der Waals surface area contributed by atoms with Gasteiger partial charge in [-0.3, -0.25) is 18.8 Å². The number of aliphatic carboxylic acids is 3. The molecule has 0 saturated heterocycles. The van der Waals surface area contributed by atoms with Gasteiger partial charge in [-0.15, -0.1) is 0 Å². The van der Waals surface area contributed by atoms with E-state index in [2.05, 4.69) is 19.2 Å². The summed E-state index contributed by atoms with van der Waals surface area (Å²) in [6.07, 6.45) is 9.08. The van der Waals surface area contributed by atoms with Gasteiger partial charge in [0.1, 0.15) is 17.6 Å². The number of unbranched alkanes of at least 4 members (excludes halogenated alkanes) is 7. The van der Waals surface area contributed by atoms with Crippen molar-refractivity contribution in [1.29, 1.82) is 0 Å². The minimum atomic E-state index is -3.03. The number of carbonyl (C=O) groups is 5. The molecule has 1 aromatic rings. The second kappa shape index (κ2) is 22.7. The van der Waals surface area contributed by atoms with E-state index < -0.39 is 47.8 Å². The molecule has 0 radical (unpaired) electrons. The van der Waals surface area contributed by atoms with Crippen LogP contribution in [0.25, 0.3) is 0 Å².